The van der Waals surface area contributed by atoms with Crippen molar-refractivity contribution in [2.24, 2.45) is 17.3 Å². The van der Waals surface area contributed by atoms with E-state index >= 15 is 0 Å². The fourth-order valence-electron chi connectivity index (χ4n) is 3.58. The first kappa shape index (κ1) is 18.8. The van der Waals surface area contributed by atoms with Gasteiger partial charge in [0, 0.05) is 17.6 Å². The average molecular weight is 433 g/mol. The molecule has 3 aromatic carbocycles. The quantitative estimate of drug-likeness (QED) is 0.431. The number of amides is 1. The molecule has 0 N–H and O–H groups in total. The Morgan fingerprint density at radius 2 is 1.67 bits per heavy atom. The first-order valence-electron chi connectivity index (χ1n) is 9.44. The van der Waals surface area contributed by atoms with E-state index in [4.69, 9.17) is 11.6 Å². The van der Waals surface area contributed by atoms with Gasteiger partial charge in [-0.3, -0.25) is 4.79 Å². The van der Waals surface area contributed by atoms with Crippen molar-refractivity contribution in [1.82, 2.24) is 4.57 Å². The molecule has 0 saturated carbocycles. The molecule has 1 amide bonds. The highest BCUT2D eigenvalue weighted by Crippen LogP contribution is 2.31. The van der Waals surface area contributed by atoms with Crippen LogP contribution in [-0.4, -0.2) is 16.2 Å². The van der Waals surface area contributed by atoms with Gasteiger partial charge >= 0.3 is 0 Å². The number of rotatable bonds is 3. The van der Waals surface area contributed by atoms with E-state index in [9.17, 15) is 4.79 Å². The SMILES string of the molecule is Cn1/c(=N/N=C2\C(=O)N(Cc3ccccc3Cl)c3ccccc32)sc2ccccc21. The molecule has 30 heavy (non-hydrogen) atoms. The highest BCUT2D eigenvalue weighted by Gasteiger charge is 2.34. The normalized spacial score (nSPS) is 15.4. The number of fused-ring (bicyclic) bond motifs is 2. The Bertz CT molecular complexity index is 1390. The summed E-state index contributed by atoms with van der Waals surface area (Å²) in [6.45, 7) is 0.380. The van der Waals surface area contributed by atoms with E-state index in [-0.39, 0.29) is 5.91 Å². The van der Waals surface area contributed by atoms with Gasteiger partial charge in [-0.05, 0) is 29.8 Å². The topological polar surface area (TPSA) is 50.0 Å². The van der Waals surface area contributed by atoms with Crippen molar-refractivity contribution in [2.45, 2.75) is 6.54 Å². The summed E-state index contributed by atoms with van der Waals surface area (Å²) >= 11 is 7.87. The number of para-hydroxylation sites is 2. The van der Waals surface area contributed by atoms with Gasteiger partial charge in [0.1, 0.15) is 0 Å². The van der Waals surface area contributed by atoms with Gasteiger partial charge in [-0.15, -0.1) is 10.2 Å². The summed E-state index contributed by atoms with van der Waals surface area (Å²) in [6, 6.07) is 23.3. The molecular formula is C23H17ClN4OS. The number of carbonyl (C=O) groups is 1. The minimum atomic E-state index is -0.177. The van der Waals surface area contributed by atoms with Gasteiger partial charge in [0.25, 0.3) is 5.91 Å². The molecule has 1 aliphatic rings. The molecular weight excluding hydrogens is 416 g/mol. The number of halogens is 1. The van der Waals surface area contributed by atoms with Gasteiger partial charge in [0.15, 0.2) is 5.71 Å². The lowest BCUT2D eigenvalue weighted by molar-refractivity contribution is -0.112. The summed E-state index contributed by atoms with van der Waals surface area (Å²) < 4.78 is 3.11. The van der Waals surface area contributed by atoms with Crippen molar-refractivity contribution in [3.8, 4) is 0 Å². The molecule has 4 aromatic rings. The second-order valence-corrected chi connectivity index (χ2v) is 8.38. The van der Waals surface area contributed by atoms with Crippen molar-refractivity contribution in [3.05, 3.63) is 93.7 Å². The number of aromatic nitrogens is 1. The molecule has 2 heterocycles. The number of aryl methyl sites for hydroxylation is 1. The Kier molecular flexibility index (Phi) is 4.73. The van der Waals surface area contributed by atoms with E-state index in [0.717, 1.165) is 31.8 Å². The maximum Gasteiger partial charge on any atom is 0.279 e. The molecule has 0 spiro atoms. The second-order valence-electron chi connectivity index (χ2n) is 6.96. The Morgan fingerprint density at radius 1 is 0.933 bits per heavy atom. The number of benzene rings is 3. The summed E-state index contributed by atoms with van der Waals surface area (Å²) in [4.78, 5) is 15.7. The van der Waals surface area contributed by atoms with E-state index in [1.54, 1.807) is 16.2 Å². The fourth-order valence-corrected chi connectivity index (χ4v) is 4.75. The number of carbonyl (C=O) groups excluding carboxylic acids is 1. The maximum atomic E-state index is 13.2. The van der Waals surface area contributed by atoms with Crippen LogP contribution in [0.25, 0.3) is 10.2 Å². The minimum Gasteiger partial charge on any atom is -0.318 e. The monoisotopic (exact) mass is 432 g/mol. The van der Waals surface area contributed by atoms with Crippen molar-refractivity contribution < 1.29 is 4.79 Å². The molecule has 0 radical (unpaired) electrons. The summed E-state index contributed by atoms with van der Waals surface area (Å²) in [7, 11) is 1.95. The van der Waals surface area contributed by atoms with Crippen molar-refractivity contribution in [2.75, 3.05) is 4.90 Å². The number of hydrogen-bond donors (Lipinski definition) is 0. The van der Waals surface area contributed by atoms with Crippen LogP contribution in [0.5, 0.6) is 0 Å². The molecule has 0 fully saturated rings. The Labute approximate surface area is 182 Å². The zero-order valence-corrected chi connectivity index (χ0v) is 17.7. The fraction of sp³-hybridized carbons (Fsp3) is 0.0870. The molecule has 0 atom stereocenters. The molecule has 0 saturated heterocycles. The molecule has 5 rings (SSSR count). The first-order valence-corrected chi connectivity index (χ1v) is 10.6. The van der Waals surface area contributed by atoms with E-state index < -0.39 is 0 Å². The van der Waals surface area contributed by atoms with Crippen LogP contribution in [0.1, 0.15) is 11.1 Å². The van der Waals surface area contributed by atoms with Crippen LogP contribution in [0.15, 0.2) is 83.0 Å². The maximum absolute atomic E-state index is 13.2. The van der Waals surface area contributed by atoms with Gasteiger partial charge in [0.2, 0.25) is 4.80 Å². The Hall–Kier alpha value is -3.22. The third-order valence-electron chi connectivity index (χ3n) is 5.13. The number of hydrogen-bond acceptors (Lipinski definition) is 4. The second kappa shape index (κ2) is 7.55. The summed E-state index contributed by atoms with van der Waals surface area (Å²) in [5.74, 6) is -0.177. The van der Waals surface area contributed by atoms with Crippen LogP contribution in [0.4, 0.5) is 5.69 Å². The van der Waals surface area contributed by atoms with Crippen LogP contribution in [0.3, 0.4) is 0 Å². The number of nitrogens with zero attached hydrogens (tertiary/aromatic N) is 4. The van der Waals surface area contributed by atoms with Crippen LogP contribution in [0, 0.1) is 0 Å². The molecule has 7 heteroatoms. The van der Waals surface area contributed by atoms with Crippen LogP contribution >= 0.6 is 22.9 Å². The van der Waals surface area contributed by atoms with Crippen LogP contribution in [-0.2, 0) is 18.4 Å². The Balaban J connectivity index is 1.58. The van der Waals surface area contributed by atoms with E-state index in [0.29, 0.717) is 17.3 Å². The van der Waals surface area contributed by atoms with E-state index in [1.165, 1.54) is 0 Å². The highest BCUT2D eigenvalue weighted by atomic mass is 35.5. The molecule has 0 unspecified atom stereocenters. The molecule has 1 aliphatic heterocycles. The number of anilines is 1. The van der Waals surface area contributed by atoms with Gasteiger partial charge in [0.05, 0.1) is 22.4 Å². The zero-order valence-electron chi connectivity index (χ0n) is 16.1. The lowest BCUT2D eigenvalue weighted by Crippen LogP contribution is -2.29. The van der Waals surface area contributed by atoms with Crippen molar-refractivity contribution in [1.29, 1.82) is 0 Å². The van der Waals surface area contributed by atoms with E-state index in [2.05, 4.69) is 10.2 Å². The highest BCUT2D eigenvalue weighted by molar-refractivity contribution is 7.16. The first-order chi connectivity index (χ1) is 14.6. The third kappa shape index (κ3) is 3.14. The van der Waals surface area contributed by atoms with Gasteiger partial charge in [-0.25, -0.2) is 0 Å². The van der Waals surface area contributed by atoms with E-state index in [1.807, 2.05) is 84.4 Å². The van der Waals surface area contributed by atoms with Gasteiger partial charge in [-0.2, -0.15) is 0 Å². The van der Waals surface area contributed by atoms with Crippen molar-refractivity contribution in [3.63, 3.8) is 0 Å². The number of thiazole rings is 1. The molecule has 1 aromatic heterocycles. The molecule has 0 aliphatic carbocycles. The molecule has 5 nitrogen and oxygen atoms in total. The van der Waals surface area contributed by atoms with Crippen LogP contribution < -0.4 is 9.70 Å². The summed E-state index contributed by atoms with van der Waals surface area (Å²) in [6.07, 6.45) is 0. The zero-order chi connectivity index (χ0) is 20.7. The average Bonchev–Trinajstić information content (AvgIpc) is 3.22. The molecule has 0 bridgehead atoms. The predicted molar refractivity (Wildman–Crippen MR) is 122 cm³/mol. The minimum absolute atomic E-state index is 0.177. The smallest absolute Gasteiger partial charge is 0.279 e. The van der Waals surface area contributed by atoms with Crippen molar-refractivity contribution >= 4 is 50.5 Å². The Morgan fingerprint density at radius 3 is 2.50 bits per heavy atom. The van der Waals surface area contributed by atoms with Crippen LogP contribution in [0.2, 0.25) is 5.02 Å². The standard InChI is InChI=1S/C23H17ClN4OS/c1-27-19-12-6-7-13-20(19)30-23(27)26-25-21-16-9-3-5-11-18(16)28(22(21)29)14-15-8-2-4-10-17(15)24/h2-13H,14H2,1H3/b25-21-,26-23-. The lowest BCUT2D eigenvalue weighted by Gasteiger charge is -2.17. The lowest BCUT2D eigenvalue weighted by atomic mass is 10.1. The molecule has 148 valence electrons. The largest absolute Gasteiger partial charge is 0.318 e. The predicted octanol–water partition coefficient (Wildman–Crippen LogP) is 4.75. The summed E-state index contributed by atoms with van der Waals surface area (Å²) in [5, 5.41) is 9.46. The summed E-state index contributed by atoms with van der Waals surface area (Å²) in [5.41, 5.74) is 3.91. The third-order valence-corrected chi connectivity index (χ3v) is 6.61. The van der Waals surface area contributed by atoms with Gasteiger partial charge < -0.3 is 9.47 Å². The van der Waals surface area contributed by atoms with Gasteiger partial charge in [-0.1, -0.05) is 71.5 Å².